The third-order valence-corrected chi connectivity index (χ3v) is 3.93. The number of fused-ring (bicyclic) bond motifs is 1. The molecule has 98 valence electrons. The number of rotatable bonds is 1. The minimum Gasteiger partial charge on any atom is -0.341 e. The van der Waals surface area contributed by atoms with Gasteiger partial charge in [0, 0.05) is 45.4 Å². The smallest absolute Gasteiger partial charge is 0.219 e. The molecular weight excluding hydrogens is 230 g/mol. The van der Waals surface area contributed by atoms with E-state index in [1.54, 1.807) is 6.92 Å². The first kappa shape index (κ1) is 11.6. The molecule has 0 aliphatic carbocycles. The largest absolute Gasteiger partial charge is 0.341 e. The molecule has 6 nitrogen and oxygen atoms in total. The Kier molecular flexibility index (Phi) is 3.03. The fourth-order valence-electron chi connectivity index (χ4n) is 2.84. The van der Waals surface area contributed by atoms with Gasteiger partial charge in [-0.15, -0.1) is 10.2 Å². The SMILES string of the molecule is CC(=O)N1CCc2nnc([C@H]3CCNC3)n2CC1. The minimum absolute atomic E-state index is 0.151. The second kappa shape index (κ2) is 4.68. The van der Waals surface area contributed by atoms with Crippen LogP contribution >= 0.6 is 0 Å². The van der Waals surface area contributed by atoms with E-state index in [2.05, 4.69) is 20.1 Å². The van der Waals surface area contributed by atoms with Crippen molar-refractivity contribution in [1.82, 2.24) is 25.0 Å². The predicted molar refractivity (Wildman–Crippen MR) is 66.2 cm³/mol. The number of carbonyl (C=O) groups excluding carboxylic acids is 1. The Morgan fingerprint density at radius 3 is 2.94 bits per heavy atom. The number of amides is 1. The Balaban J connectivity index is 1.82. The van der Waals surface area contributed by atoms with Crippen molar-refractivity contribution in [2.45, 2.75) is 32.2 Å². The van der Waals surface area contributed by atoms with Crippen molar-refractivity contribution < 1.29 is 4.79 Å². The van der Waals surface area contributed by atoms with Crippen LogP contribution in [0.4, 0.5) is 0 Å². The maximum absolute atomic E-state index is 11.4. The first-order valence-electron chi connectivity index (χ1n) is 6.64. The van der Waals surface area contributed by atoms with Crippen molar-refractivity contribution in [3.8, 4) is 0 Å². The van der Waals surface area contributed by atoms with Gasteiger partial charge >= 0.3 is 0 Å². The molecular formula is C12H19N5O. The van der Waals surface area contributed by atoms with Crippen LogP contribution in [0.15, 0.2) is 0 Å². The highest BCUT2D eigenvalue weighted by Crippen LogP contribution is 2.22. The van der Waals surface area contributed by atoms with Crippen LogP contribution in [0.1, 0.15) is 30.9 Å². The number of nitrogens with one attached hydrogen (secondary N) is 1. The molecule has 1 aromatic rings. The van der Waals surface area contributed by atoms with Crippen LogP contribution in [0.2, 0.25) is 0 Å². The Morgan fingerprint density at radius 2 is 2.22 bits per heavy atom. The van der Waals surface area contributed by atoms with E-state index in [0.717, 1.165) is 57.2 Å². The number of aromatic nitrogens is 3. The summed E-state index contributed by atoms with van der Waals surface area (Å²) in [5.74, 6) is 2.76. The first-order valence-corrected chi connectivity index (χ1v) is 6.64. The molecule has 0 radical (unpaired) electrons. The fraction of sp³-hybridized carbons (Fsp3) is 0.750. The van der Waals surface area contributed by atoms with Gasteiger partial charge in [0.25, 0.3) is 0 Å². The van der Waals surface area contributed by atoms with Gasteiger partial charge in [-0.05, 0) is 13.0 Å². The van der Waals surface area contributed by atoms with E-state index in [-0.39, 0.29) is 5.91 Å². The van der Waals surface area contributed by atoms with Crippen molar-refractivity contribution in [1.29, 1.82) is 0 Å². The van der Waals surface area contributed by atoms with E-state index in [1.165, 1.54) is 0 Å². The number of carbonyl (C=O) groups is 1. The maximum atomic E-state index is 11.4. The van der Waals surface area contributed by atoms with Gasteiger partial charge in [0.2, 0.25) is 5.91 Å². The normalized spacial score (nSPS) is 23.8. The summed E-state index contributed by atoms with van der Waals surface area (Å²) in [6, 6.07) is 0. The lowest BCUT2D eigenvalue weighted by Gasteiger charge is -2.18. The van der Waals surface area contributed by atoms with Gasteiger partial charge in [0.15, 0.2) is 0 Å². The van der Waals surface area contributed by atoms with Crippen molar-refractivity contribution in [2.75, 3.05) is 26.2 Å². The summed E-state index contributed by atoms with van der Waals surface area (Å²) in [6.07, 6.45) is 1.95. The zero-order valence-corrected chi connectivity index (χ0v) is 10.7. The summed E-state index contributed by atoms with van der Waals surface area (Å²) in [7, 11) is 0. The predicted octanol–water partition coefficient (Wildman–Crippen LogP) is -0.240. The van der Waals surface area contributed by atoms with Crippen molar-refractivity contribution >= 4 is 5.91 Å². The molecule has 3 heterocycles. The van der Waals surface area contributed by atoms with E-state index >= 15 is 0 Å². The summed E-state index contributed by atoms with van der Waals surface area (Å²) in [5, 5.41) is 12.0. The lowest BCUT2D eigenvalue weighted by atomic mass is 10.1. The fourth-order valence-corrected chi connectivity index (χ4v) is 2.84. The number of hydrogen-bond donors (Lipinski definition) is 1. The van der Waals surface area contributed by atoms with E-state index in [4.69, 9.17) is 0 Å². The molecule has 1 N–H and O–H groups in total. The molecule has 1 aromatic heterocycles. The Bertz CT molecular complexity index is 449. The van der Waals surface area contributed by atoms with Gasteiger partial charge in [-0.2, -0.15) is 0 Å². The standard InChI is InChI=1S/C12H19N5O/c1-9(18)16-5-3-11-14-15-12(17(11)7-6-16)10-2-4-13-8-10/h10,13H,2-8H2,1H3/t10-/m0/s1. The van der Waals surface area contributed by atoms with E-state index < -0.39 is 0 Å². The summed E-state index contributed by atoms with van der Waals surface area (Å²) < 4.78 is 2.22. The van der Waals surface area contributed by atoms with E-state index in [9.17, 15) is 4.79 Å². The van der Waals surface area contributed by atoms with Crippen LogP contribution in [0.3, 0.4) is 0 Å². The minimum atomic E-state index is 0.151. The highest BCUT2D eigenvalue weighted by molar-refractivity contribution is 5.73. The maximum Gasteiger partial charge on any atom is 0.219 e. The highest BCUT2D eigenvalue weighted by atomic mass is 16.2. The molecule has 1 fully saturated rings. The third-order valence-electron chi connectivity index (χ3n) is 3.93. The Hall–Kier alpha value is -1.43. The zero-order chi connectivity index (χ0) is 12.5. The molecule has 1 atom stereocenters. The molecule has 0 spiro atoms. The Labute approximate surface area is 106 Å². The van der Waals surface area contributed by atoms with Crippen molar-refractivity contribution in [3.05, 3.63) is 11.6 Å². The van der Waals surface area contributed by atoms with E-state index in [0.29, 0.717) is 5.92 Å². The number of nitrogens with zero attached hydrogens (tertiary/aromatic N) is 4. The first-order chi connectivity index (χ1) is 8.75. The average Bonchev–Trinajstić information content (AvgIpc) is 2.94. The van der Waals surface area contributed by atoms with Crippen molar-refractivity contribution in [2.24, 2.45) is 0 Å². The average molecular weight is 249 g/mol. The van der Waals surface area contributed by atoms with Gasteiger partial charge in [-0.1, -0.05) is 0 Å². The van der Waals surface area contributed by atoms with E-state index in [1.807, 2.05) is 4.90 Å². The monoisotopic (exact) mass is 249 g/mol. The quantitative estimate of drug-likeness (QED) is 0.746. The van der Waals surface area contributed by atoms with Crippen LogP contribution in [-0.2, 0) is 17.8 Å². The zero-order valence-electron chi connectivity index (χ0n) is 10.7. The molecule has 3 rings (SSSR count). The van der Waals surface area contributed by atoms with Gasteiger partial charge in [0.1, 0.15) is 11.6 Å². The molecule has 2 aliphatic rings. The summed E-state index contributed by atoms with van der Waals surface area (Å²) in [4.78, 5) is 13.3. The summed E-state index contributed by atoms with van der Waals surface area (Å²) >= 11 is 0. The van der Waals surface area contributed by atoms with Gasteiger partial charge in [-0.25, -0.2) is 0 Å². The molecule has 0 bridgehead atoms. The molecule has 0 saturated carbocycles. The number of hydrogen-bond acceptors (Lipinski definition) is 4. The molecule has 6 heteroatoms. The Morgan fingerprint density at radius 1 is 1.33 bits per heavy atom. The molecule has 0 unspecified atom stereocenters. The second-order valence-corrected chi connectivity index (χ2v) is 5.07. The second-order valence-electron chi connectivity index (χ2n) is 5.07. The molecule has 1 amide bonds. The van der Waals surface area contributed by atoms with Crippen LogP contribution in [0, 0.1) is 0 Å². The van der Waals surface area contributed by atoms with Crippen LogP contribution in [-0.4, -0.2) is 51.8 Å². The lowest BCUT2D eigenvalue weighted by Crippen LogP contribution is -2.31. The van der Waals surface area contributed by atoms with Gasteiger partial charge in [-0.3, -0.25) is 4.79 Å². The van der Waals surface area contributed by atoms with Crippen molar-refractivity contribution in [3.63, 3.8) is 0 Å². The van der Waals surface area contributed by atoms with Crippen LogP contribution < -0.4 is 5.32 Å². The molecule has 0 aromatic carbocycles. The highest BCUT2D eigenvalue weighted by Gasteiger charge is 2.26. The summed E-state index contributed by atoms with van der Waals surface area (Å²) in [6.45, 7) is 6.05. The molecule has 18 heavy (non-hydrogen) atoms. The topological polar surface area (TPSA) is 63.1 Å². The summed E-state index contributed by atoms with van der Waals surface area (Å²) in [5.41, 5.74) is 0. The third kappa shape index (κ3) is 2.01. The van der Waals surface area contributed by atoms with Crippen LogP contribution in [0.25, 0.3) is 0 Å². The van der Waals surface area contributed by atoms with Gasteiger partial charge in [0.05, 0.1) is 0 Å². The lowest BCUT2D eigenvalue weighted by molar-refractivity contribution is -0.128. The van der Waals surface area contributed by atoms with Crippen LogP contribution in [0.5, 0.6) is 0 Å². The molecule has 2 aliphatic heterocycles. The molecule has 1 saturated heterocycles. The van der Waals surface area contributed by atoms with Gasteiger partial charge < -0.3 is 14.8 Å².